The first-order valence-electron chi connectivity index (χ1n) is 8.62. The van der Waals surface area contributed by atoms with E-state index in [0.717, 1.165) is 12.0 Å². The molecule has 0 aliphatic carbocycles. The number of anilines is 1. The fourth-order valence-electron chi connectivity index (χ4n) is 3.04. The lowest BCUT2D eigenvalue weighted by Crippen LogP contribution is -2.38. The highest BCUT2D eigenvalue weighted by Gasteiger charge is 2.27. The van der Waals surface area contributed by atoms with Crippen LogP contribution in [0.25, 0.3) is 0 Å². The zero-order valence-electron chi connectivity index (χ0n) is 14.9. The molecule has 1 amide bonds. The average Bonchev–Trinajstić information content (AvgIpc) is 2.66. The second-order valence-electron chi connectivity index (χ2n) is 6.25. The summed E-state index contributed by atoms with van der Waals surface area (Å²) in [6.45, 7) is 0.678. The summed E-state index contributed by atoms with van der Waals surface area (Å²) in [7, 11) is -1.78. The van der Waals surface area contributed by atoms with Crippen molar-refractivity contribution in [2.24, 2.45) is 0 Å². The first-order valence-corrected chi connectivity index (χ1v) is 10.6. The summed E-state index contributed by atoms with van der Waals surface area (Å²) in [6.07, 6.45) is 1.44. The second kappa shape index (κ2) is 8.19. The zero-order valence-corrected chi connectivity index (χ0v) is 16.5. The predicted molar refractivity (Wildman–Crippen MR) is 106 cm³/mol. The summed E-state index contributed by atoms with van der Waals surface area (Å²) in [6, 6.07) is 12.1. The van der Waals surface area contributed by atoms with Gasteiger partial charge in [0.05, 0.1) is 29.1 Å². The molecule has 0 bridgehead atoms. The molecule has 8 heteroatoms. The second-order valence-corrected chi connectivity index (χ2v) is 8.67. The quantitative estimate of drug-likeness (QED) is 0.824. The molecule has 2 aromatic rings. The minimum absolute atomic E-state index is 0.116. The maximum atomic E-state index is 12.6. The maximum Gasteiger partial charge on any atom is 0.253 e. The van der Waals surface area contributed by atoms with E-state index in [4.69, 9.17) is 16.3 Å². The van der Waals surface area contributed by atoms with Crippen molar-refractivity contribution >= 4 is 33.2 Å². The van der Waals surface area contributed by atoms with Crippen LogP contribution in [0.5, 0.6) is 5.75 Å². The van der Waals surface area contributed by atoms with Crippen molar-refractivity contribution in [2.75, 3.05) is 23.7 Å². The summed E-state index contributed by atoms with van der Waals surface area (Å²) in [5.41, 5.74) is 1.53. The smallest absolute Gasteiger partial charge is 0.253 e. The summed E-state index contributed by atoms with van der Waals surface area (Å²) in [4.78, 5) is 12.6. The van der Waals surface area contributed by atoms with Gasteiger partial charge in [-0.25, -0.2) is 8.42 Å². The van der Waals surface area contributed by atoms with Gasteiger partial charge >= 0.3 is 0 Å². The van der Waals surface area contributed by atoms with Crippen LogP contribution in [0, 0.1) is 0 Å². The van der Waals surface area contributed by atoms with Crippen LogP contribution >= 0.6 is 11.6 Å². The molecule has 0 spiro atoms. The van der Waals surface area contributed by atoms with Gasteiger partial charge in [-0.1, -0.05) is 29.8 Å². The number of ether oxygens (including phenoxy) is 1. The van der Waals surface area contributed by atoms with Crippen LogP contribution in [0.1, 0.15) is 28.8 Å². The van der Waals surface area contributed by atoms with Crippen molar-refractivity contribution in [3.8, 4) is 5.75 Å². The van der Waals surface area contributed by atoms with E-state index in [9.17, 15) is 13.2 Å². The number of amides is 1. The first-order chi connectivity index (χ1) is 12.9. The van der Waals surface area contributed by atoms with Gasteiger partial charge in [-0.2, -0.15) is 0 Å². The van der Waals surface area contributed by atoms with E-state index in [1.807, 2.05) is 24.3 Å². The molecule has 0 atom stereocenters. The predicted octanol–water partition coefficient (Wildman–Crippen LogP) is 3.21. The fraction of sp³-hybridized carbons (Fsp3) is 0.316. The summed E-state index contributed by atoms with van der Waals surface area (Å²) in [5.74, 6) is 0.421. The number of halogens is 1. The Morgan fingerprint density at radius 2 is 2.00 bits per heavy atom. The third-order valence-corrected chi connectivity index (χ3v) is 6.66. The number of nitrogens with one attached hydrogen (secondary N) is 1. The lowest BCUT2D eigenvalue weighted by Gasteiger charge is -2.28. The molecular weight excluding hydrogens is 388 g/mol. The number of hydrogen-bond acceptors (Lipinski definition) is 4. The Kier molecular flexibility index (Phi) is 5.92. The molecule has 0 unspecified atom stereocenters. The van der Waals surface area contributed by atoms with Gasteiger partial charge < -0.3 is 10.1 Å². The molecule has 6 nitrogen and oxygen atoms in total. The summed E-state index contributed by atoms with van der Waals surface area (Å²) >= 11 is 6.19. The Labute approximate surface area is 164 Å². The van der Waals surface area contributed by atoms with Crippen LogP contribution < -0.4 is 14.4 Å². The van der Waals surface area contributed by atoms with E-state index in [0.29, 0.717) is 24.4 Å². The van der Waals surface area contributed by atoms with Gasteiger partial charge in [-0.05, 0) is 37.1 Å². The van der Waals surface area contributed by atoms with E-state index in [1.165, 1.54) is 10.4 Å². The molecule has 1 aliphatic rings. The van der Waals surface area contributed by atoms with Crippen molar-refractivity contribution in [1.29, 1.82) is 0 Å². The molecule has 1 fully saturated rings. The molecule has 0 saturated carbocycles. The Hall–Kier alpha value is -2.25. The number of hydrogen-bond donors (Lipinski definition) is 1. The molecule has 2 aromatic carbocycles. The van der Waals surface area contributed by atoms with Crippen LogP contribution in [-0.2, 0) is 16.6 Å². The summed E-state index contributed by atoms with van der Waals surface area (Å²) in [5, 5.41) is 3.08. The average molecular weight is 409 g/mol. The Bertz CT molecular complexity index is 946. The number of nitrogens with zero attached hydrogens (tertiary/aromatic N) is 1. The number of rotatable bonds is 5. The van der Waals surface area contributed by atoms with Crippen molar-refractivity contribution in [1.82, 2.24) is 5.32 Å². The van der Waals surface area contributed by atoms with Gasteiger partial charge in [0.2, 0.25) is 10.0 Å². The standard InChI is InChI=1S/C19H21ClN2O4S/c1-26-18-7-3-2-6-14(18)13-21-19(23)16-12-15(8-9-17(16)20)22-10-4-5-11-27(22,24)25/h2-3,6-9,12H,4-5,10-11,13H2,1H3,(H,21,23). The topological polar surface area (TPSA) is 75.7 Å². The SMILES string of the molecule is COc1ccccc1CNC(=O)c1cc(N2CCCCS2(=O)=O)ccc1Cl. The van der Waals surface area contributed by atoms with Gasteiger partial charge in [-0.3, -0.25) is 9.10 Å². The van der Waals surface area contributed by atoms with E-state index in [-0.39, 0.29) is 28.8 Å². The number of sulfonamides is 1. The van der Waals surface area contributed by atoms with Gasteiger partial charge in [0, 0.05) is 18.7 Å². The first kappa shape index (κ1) is 19.5. The normalized spacial score (nSPS) is 16.0. The molecule has 0 radical (unpaired) electrons. The number of carbonyl (C=O) groups excluding carboxylic acids is 1. The lowest BCUT2D eigenvalue weighted by atomic mass is 10.1. The summed E-state index contributed by atoms with van der Waals surface area (Å²) < 4.78 is 31.2. The molecule has 0 aromatic heterocycles. The molecule has 1 saturated heterocycles. The van der Waals surface area contributed by atoms with Gasteiger partial charge in [0.25, 0.3) is 5.91 Å². The van der Waals surface area contributed by atoms with Crippen LogP contribution in [0.3, 0.4) is 0 Å². The number of carbonyl (C=O) groups is 1. The maximum absolute atomic E-state index is 12.6. The number of para-hydroxylation sites is 1. The Morgan fingerprint density at radius 1 is 1.22 bits per heavy atom. The van der Waals surface area contributed by atoms with E-state index in [1.54, 1.807) is 19.2 Å². The van der Waals surface area contributed by atoms with E-state index in [2.05, 4.69) is 5.32 Å². The minimum atomic E-state index is -3.35. The van der Waals surface area contributed by atoms with E-state index >= 15 is 0 Å². The largest absolute Gasteiger partial charge is 0.496 e. The van der Waals surface area contributed by atoms with Crippen LogP contribution in [0.4, 0.5) is 5.69 Å². The molecular formula is C19H21ClN2O4S. The monoisotopic (exact) mass is 408 g/mol. The fourth-order valence-corrected chi connectivity index (χ4v) is 4.88. The highest BCUT2D eigenvalue weighted by Crippen LogP contribution is 2.28. The van der Waals surface area contributed by atoms with Crippen LogP contribution in [0.2, 0.25) is 5.02 Å². The van der Waals surface area contributed by atoms with Crippen molar-refractivity contribution < 1.29 is 17.9 Å². The highest BCUT2D eigenvalue weighted by atomic mass is 35.5. The van der Waals surface area contributed by atoms with Gasteiger partial charge in [0.15, 0.2) is 0 Å². The van der Waals surface area contributed by atoms with Crippen molar-refractivity contribution in [2.45, 2.75) is 19.4 Å². The molecule has 1 heterocycles. The molecule has 1 N–H and O–H groups in total. The zero-order chi connectivity index (χ0) is 19.4. The molecule has 144 valence electrons. The Balaban J connectivity index is 1.80. The van der Waals surface area contributed by atoms with Gasteiger partial charge in [-0.15, -0.1) is 0 Å². The highest BCUT2D eigenvalue weighted by molar-refractivity contribution is 7.92. The number of benzene rings is 2. The minimum Gasteiger partial charge on any atom is -0.496 e. The third kappa shape index (κ3) is 4.36. The van der Waals surface area contributed by atoms with E-state index < -0.39 is 10.0 Å². The third-order valence-electron chi connectivity index (χ3n) is 4.46. The molecule has 27 heavy (non-hydrogen) atoms. The van der Waals surface area contributed by atoms with Crippen LogP contribution in [-0.4, -0.2) is 33.7 Å². The molecule has 1 aliphatic heterocycles. The number of methoxy groups -OCH3 is 1. The van der Waals surface area contributed by atoms with Crippen molar-refractivity contribution in [3.05, 3.63) is 58.6 Å². The lowest BCUT2D eigenvalue weighted by molar-refractivity contribution is 0.0951. The van der Waals surface area contributed by atoms with Gasteiger partial charge in [0.1, 0.15) is 5.75 Å². The Morgan fingerprint density at radius 3 is 2.74 bits per heavy atom. The molecule has 3 rings (SSSR count). The van der Waals surface area contributed by atoms with Crippen LogP contribution in [0.15, 0.2) is 42.5 Å². The van der Waals surface area contributed by atoms with Crippen molar-refractivity contribution in [3.63, 3.8) is 0 Å².